The van der Waals surface area contributed by atoms with Gasteiger partial charge in [-0.05, 0) is 54.7 Å². The first kappa shape index (κ1) is 13.3. The van der Waals surface area contributed by atoms with Gasteiger partial charge in [-0.25, -0.2) is 0 Å². The van der Waals surface area contributed by atoms with Crippen molar-refractivity contribution in [1.82, 2.24) is 9.88 Å². The SMILES string of the molecule is COc1ccc2c(c1)CCC[C@H]2N1Cc2ncccc2C1=O. The number of rotatable bonds is 2. The molecule has 1 aliphatic heterocycles. The number of hydrogen-bond donors (Lipinski definition) is 0. The monoisotopic (exact) mass is 294 g/mol. The van der Waals surface area contributed by atoms with E-state index < -0.39 is 0 Å². The van der Waals surface area contributed by atoms with Crippen LogP contribution in [0.1, 0.15) is 46.1 Å². The van der Waals surface area contributed by atoms with Gasteiger partial charge in [0.05, 0.1) is 31.0 Å². The fourth-order valence-corrected chi connectivity index (χ4v) is 3.61. The molecule has 0 saturated heterocycles. The number of aromatic nitrogens is 1. The van der Waals surface area contributed by atoms with Gasteiger partial charge in [0.2, 0.25) is 0 Å². The van der Waals surface area contributed by atoms with Crippen LogP contribution in [0.25, 0.3) is 0 Å². The van der Waals surface area contributed by atoms with Gasteiger partial charge in [-0.1, -0.05) is 6.07 Å². The van der Waals surface area contributed by atoms with Gasteiger partial charge in [0.1, 0.15) is 5.75 Å². The van der Waals surface area contributed by atoms with Crippen molar-refractivity contribution in [3.05, 3.63) is 58.9 Å². The molecular formula is C18H18N2O2. The standard InChI is InChI=1S/C18H18N2O2/c1-22-13-7-8-14-12(10-13)4-2-6-17(14)20-11-16-15(18(20)21)5-3-9-19-16/h3,5,7-10,17H,2,4,6,11H2,1H3/t17-/m1/s1. The number of fused-ring (bicyclic) bond motifs is 2. The van der Waals surface area contributed by atoms with E-state index in [-0.39, 0.29) is 11.9 Å². The molecule has 22 heavy (non-hydrogen) atoms. The smallest absolute Gasteiger partial charge is 0.256 e. The van der Waals surface area contributed by atoms with E-state index in [1.54, 1.807) is 13.3 Å². The van der Waals surface area contributed by atoms with Gasteiger partial charge in [0, 0.05) is 6.20 Å². The number of methoxy groups -OCH3 is 1. The number of hydrogen-bond acceptors (Lipinski definition) is 3. The van der Waals surface area contributed by atoms with Gasteiger partial charge in [-0.3, -0.25) is 9.78 Å². The summed E-state index contributed by atoms with van der Waals surface area (Å²) in [6.07, 6.45) is 4.92. The highest BCUT2D eigenvalue weighted by Gasteiger charge is 2.36. The molecule has 1 amide bonds. The Hall–Kier alpha value is -2.36. The lowest BCUT2D eigenvalue weighted by Crippen LogP contribution is -2.31. The summed E-state index contributed by atoms with van der Waals surface area (Å²) in [5.74, 6) is 0.994. The van der Waals surface area contributed by atoms with Crippen molar-refractivity contribution in [2.75, 3.05) is 7.11 Å². The average Bonchev–Trinajstić information content (AvgIpc) is 2.91. The Morgan fingerprint density at radius 3 is 3.05 bits per heavy atom. The summed E-state index contributed by atoms with van der Waals surface area (Å²) in [6.45, 7) is 0.616. The number of carbonyl (C=O) groups excluding carboxylic acids is 1. The molecule has 1 atom stereocenters. The predicted octanol–water partition coefficient (Wildman–Crippen LogP) is 3.12. The van der Waals surface area contributed by atoms with Gasteiger partial charge >= 0.3 is 0 Å². The second-order valence-electron chi connectivity index (χ2n) is 5.90. The maximum absolute atomic E-state index is 12.7. The first-order valence-corrected chi connectivity index (χ1v) is 7.69. The highest BCUT2D eigenvalue weighted by atomic mass is 16.5. The Balaban J connectivity index is 1.70. The Kier molecular flexibility index (Phi) is 3.10. The summed E-state index contributed by atoms with van der Waals surface area (Å²) in [5.41, 5.74) is 4.21. The van der Waals surface area contributed by atoms with Crippen molar-refractivity contribution < 1.29 is 9.53 Å². The lowest BCUT2D eigenvalue weighted by Gasteiger charge is -2.33. The van der Waals surface area contributed by atoms with Crippen molar-refractivity contribution in [3.63, 3.8) is 0 Å². The molecule has 1 aromatic carbocycles. The third kappa shape index (κ3) is 1.98. The number of carbonyl (C=O) groups is 1. The van der Waals surface area contributed by atoms with E-state index in [0.717, 1.165) is 36.3 Å². The van der Waals surface area contributed by atoms with Crippen LogP contribution in [-0.2, 0) is 13.0 Å². The zero-order valence-electron chi connectivity index (χ0n) is 12.6. The first-order chi connectivity index (χ1) is 10.8. The number of benzene rings is 1. The number of amides is 1. The number of pyridine rings is 1. The Morgan fingerprint density at radius 1 is 1.32 bits per heavy atom. The molecule has 0 radical (unpaired) electrons. The van der Waals surface area contributed by atoms with Crippen molar-refractivity contribution in [2.45, 2.75) is 31.8 Å². The lowest BCUT2D eigenvalue weighted by atomic mass is 9.86. The molecule has 4 nitrogen and oxygen atoms in total. The maximum atomic E-state index is 12.7. The molecule has 0 saturated carbocycles. The van der Waals surface area contributed by atoms with Crippen LogP contribution in [0.3, 0.4) is 0 Å². The minimum Gasteiger partial charge on any atom is -0.497 e. The van der Waals surface area contributed by atoms with E-state index in [9.17, 15) is 4.79 Å². The molecule has 0 bridgehead atoms. The van der Waals surface area contributed by atoms with Crippen molar-refractivity contribution in [3.8, 4) is 5.75 Å². The van der Waals surface area contributed by atoms with Crippen molar-refractivity contribution in [1.29, 1.82) is 0 Å². The van der Waals surface area contributed by atoms with Crippen LogP contribution in [0.5, 0.6) is 5.75 Å². The molecule has 1 aromatic heterocycles. The van der Waals surface area contributed by atoms with Gasteiger partial charge in [0.25, 0.3) is 5.91 Å². The second kappa shape index (κ2) is 5.13. The minimum absolute atomic E-state index is 0.108. The van der Waals surface area contributed by atoms with Gasteiger partial charge in [-0.2, -0.15) is 0 Å². The summed E-state index contributed by atoms with van der Waals surface area (Å²) in [4.78, 5) is 19.0. The summed E-state index contributed by atoms with van der Waals surface area (Å²) in [5, 5.41) is 0. The molecule has 4 rings (SSSR count). The largest absolute Gasteiger partial charge is 0.497 e. The summed E-state index contributed by atoms with van der Waals surface area (Å²) >= 11 is 0. The van der Waals surface area contributed by atoms with E-state index in [1.165, 1.54) is 11.1 Å². The van der Waals surface area contributed by atoms with Crippen LogP contribution >= 0.6 is 0 Å². The van der Waals surface area contributed by atoms with Gasteiger partial charge < -0.3 is 9.64 Å². The van der Waals surface area contributed by atoms with Crippen LogP contribution in [0.15, 0.2) is 36.5 Å². The zero-order valence-corrected chi connectivity index (χ0v) is 12.6. The minimum atomic E-state index is 0.108. The highest BCUT2D eigenvalue weighted by molar-refractivity contribution is 5.98. The van der Waals surface area contributed by atoms with Crippen molar-refractivity contribution >= 4 is 5.91 Å². The second-order valence-corrected chi connectivity index (χ2v) is 5.90. The molecule has 0 unspecified atom stereocenters. The molecule has 4 heteroatoms. The Labute approximate surface area is 129 Å². The zero-order chi connectivity index (χ0) is 15.1. The van der Waals surface area contributed by atoms with E-state index in [1.807, 2.05) is 23.1 Å². The van der Waals surface area contributed by atoms with Gasteiger partial charge in [-0.15, -0.1) is 0 Å². The molecule has 0 spiro atoms. The van der Waals surface area contributed by atoms with Crippen LogP contribution in [0.2, 0.25) is 0 Å². The molecule has 2 aliphatic rings. The average molecular weight is 294 g/mol. The number of ether oxygens (including phenoxy) is 1. The van der Waals surface area contributed by atoms with E-state index >= 15 is 0 Å². The molecule has 0 fully saturated rings. The third-order valence-corrected chi connectivity index (χ3v) is 4.71. The van der Waals surface area contributed by atoms with E-state index in [4.69, 9.17) is 4.74 Å². The molecule has 1 aliphatic carbocycles. The highest BCUT2D eigenvalue weighted by Crippen LogP contribution is 2.39. The predicted molar refractivity (Wildman–Crippen MR) is 82.8 cm³/mol. The maximum Gasteiger partial charge on any atom is 0.256 e. The molecule has 0 N–H and O–H groups in total. The number of aryl methyl sites for hydroxylation is 1. The molecule has 2 aromatic rings. The molecular weight excluding hydrogens is 276 g/mol. The molecule has 112 valence electrons. The van der Waals surface area contributed by atoms with Crippen LogP contribution in [-0.4, -0.2) is 22.9 Å². The summed E-state index contributed by atoms with van der Waals surface area (Å²) in [7, 11) is 1.69. The van der Waals surface area contributed by atoms with E-state index in [2.05, 4.69) is 17.1 Å². The topological polar surface area (TPSA) is 42.4 Å². The first-order valence-electron chi connectivity index (χ1n) is 7.69. The van der Waals surface area contributed by atoms with Gasteiger partial charge in [0.15, 0.2) is 0 Å². The fourth-order valence-electron chi connectivity index (χ4n) is 3.61. The molecule has 2 heterocycles. The fraction of sp³-hybridized carbons (Fsp3) is 0.333. The van der Waals surface area contributed by atoms with E-state index in [0.29, 0.717) is 6.54 Å². The van der Waals surface area contributed by atoms with Crippen LogP contribution < -0.4 is 4.74 Å². The van der Waals surface area contributed by atoms with Crippen LogP contribution in [0.4, 0.5) is 0 Å². The number of nitrogens with zero attached hydrogens (tertiary/aromatic N) is 2. The van der Waals surface area contributed by atoms with Crippen LogP contribution in [0, 0.1) is 0 Å². The Bertz CT molecular complexity index is 742. The summed E-state index contributed by atoms with van der Waals surface area (Å²) in [6, 6.07) is 10.1. The Morgan fingerprint density at radius 2 is 2.23 bits per heavy atom. The third-order valence-electron chi connectivity index (χ3n) is 4.71. The quantitative estimate of drug-likeness (QED) is 0.854. The van der Waals surface area contributed by atoms with Crippen molar-refractivity contribution in [2.24, 2.45) is 0 Å². The summed E-state index contributed by atoms with van der Waals surface area (Å²) < 4.78 is 5.32. The lowest BCUT2D eigenvalue weighted by molar-refractivity contribution is 0.0682. The normalized spacial score (nSPS) is 19.8.